The summed E-state index contributed by atoms with van der Waals surface area (Å²) >= 11 is 0. The minimum Gasteiger partial charge on any atom is -0.495 e. The molecule has 4 rings (SSSR count). The number of ether oxygens (including phenoxy) is 3. The molecular weight excluding hydrogens is 522 g/mol. The van der Waals surface area contributed by atoms with E-state index in [1.807, 2.05) is 49.4 Å². The van der Waals surface area contributed by atoms with Crippen LogP contribution in [0.15, 0.2) is 66.7 Å². The highest BCUT2D eigenvalue weighted by molar-refractivity contribution is 6.04. The standard InChI is InChI=1S/C31H39N5O5/c1-4-41-21-9-16-32-30(37)24-22-23(33-31(38)34-25-10-5-7-12-28(25)39-2)14-15-26(24)35-17-19-36(20-18-35)27-11-6-8-13-29(27)40-3/h5-8,10-15,22H,4,9,16-21H2,1-3H3,(H,32,37)(H2,33,34,38). The second-order valence-electron chi connectivity index (χ2n) is 9.46. The van der Waals surface area contributed by atoms with E-state index in [1.165, 1.54) is 0 Å². The average molecular weight is 562 g/mol. The van der Waals surface area contributed by atoms with Crippen molar-refractivity contribution in [3.8, 4) is 11.5 Å². The zero-order valence-electron chi connectivity index (χ0n) is 23.9. The number of methoxy groups -OCH3 is 2. The second-order valence-corrected chi connectivity index (χ2v) is 9.46. The molecule has 0 bridgehead atoms. The number of hydrogen-bond donors (Lipinski definition) is 3. The Bertz CT molecular complexity index is 1310. The molecule has 1 fully saturated rings. The van der Waals surface area contributed by atoms with Crippen LogP contribution in [0.4, 0.5) is 27.5 Å². The SMILES string of the molecule is CCOCCCNC(=O)c1cc(NC(=O)Nc2ccccc2OC)ccc1N1CCN(c2ccccc2OC)CC1. The molecular formula is C31H39N5O5. The van der Waals surface area contributed by atoms with Crippen LogP contribution in [0.3, 0.4) is 0 Å². The lowest BCUT2D eigenvalue weighted by Crippen LogP contribution is -2.47. The third-order valence-corrected chi connectivity index (χ3v) is 6.86. The van der Waals surface area contributed by atoms with Crippen molar-refractivity contribution in [3.05, 3.63) is 72.3 Å². The Hall–Kier alpha value is -4.44. The van der Waals surface area contributed by atoms with Gasteiger partial charge < -0.3 is 40.0 Å². The lowest BCUT2D eigenvalue weighted by Gasteiger charge is -2.38. The van der Waals surface area contributed by atoms with Crippen molar-refractivity contribution in [1.82, 2.24) is 5.32 Å². The Morgan fingerprint density at radius 1 is 0.805 bits per heavy atom. The number of anilines is 4. The van der Waals surface area contributed by atoms with Gasteiger partial charge in [-0.1, -0.05) is 24.3 Å². The first kappa shape index (κ1) is 29.5. The molecule has 1 aliphatic rings. The quantitative estimate of drug-likeness (QED) is 0.272. The number of rotatable bonds is 12. The van der Waals surface area contributed by atoms with Crippen LogP contribution in [-0.4, -0.2) is 72.1 Å². The molecule has 0 unspecified atom stereocenters. The summed E-state index contributed by atoms with van der Waals surface area (Å²) in [7, 11) is 3.23. The Morgan fingerprint density at radius 2 is 1.46 bits per heavy atom. The van der Waals surface area contributed by atoms with Crippen LogP contribution in [-0.2, 0) is 4.74 Å². The first-order valence-corrected chi connectivity index (χ1v) is 13.9. The van der Waals surface area contributed by atoms with Crippen molar-refractivity contribution in [2.45, 2.75) is 13.3 Å². The molecule has 0 aliphatic carbocycles. The predicted molar refractivity (Wildman–Crippen MR) is 163 cm³/mol. The third-order valence-electron chi connectivity index (χ3n) is 6.86. The van der Waals surface area contributed by atoms with E-state index < -0.39 is 6.03 Å². The number of hydrogen-bond acceptors (Lipinski definition) is 7. The van der Waals surface area contributed by atoms with Crippen LogP contribution in [0.1, 0.15) is 23.7 Å². The molecule has 0 radical (unpaired) electrons. The van der Waals surface area contributed by atoms with Gasteiger partial charge in [0.05, 0.1) is 31.2 Å². The van der Waals surface area contributed by atoms with E-state index in [-0.39, 0.29) is 5.91 Å². The van der Waals surface area contributed by atoms with Gasteiger partial charge >= 0.3 is 6.03 Å². The highest BCUT2D eigenvalue weighted by Crippen LogP contribution is 2.31. The third kappa shape index (κ3) is 7.82. The smallest absolute Gasteiger partial charge is 0.323 e. The van der Waals surface area contributed by atoms with Crippen LogP contribution in [0, 0.1) is 0 Å². The molecule has 0 spiro atoms. The van der Waals surface area contributed by atoms with Crippen molar-refractivity contribution in [2.24, 2.45) is 0 Å². The Kier molecular flexibility index (Phi) is 10.7. The zero-order valence-corrected chi connectivity index (χ0v) is 23.9. The van der Waals surface area contributed by atoms with Gasteiger partial charge in [-0.25, -0.2) is 4.79 Å². The number of amides is 3. The fraction of sp³-hybridized carbons (Fsp3) is 0.355. The molecule has 1 heterocycles. The molecule has 3 aromatic carbocycles. The summed E-state index contributed by atoms with van der Waals surface area (Å²) < 4.78 is 16.3. The van der Waals surface area contributed by atoms with Gasteiger partial charge in [0.15, 0.2) is 0 Å². The van der Waals surface area contributed by atoms with Gasteiger partial charge in [-0.15, -0.1) is 0 Å². The number of carbonyl (C=O) groups is 2. The maximum Gasteiger partial charge on any atom is 0.323 e. The highest BCUT2D eigenvalue weighted by Gasteiger charge is 2.24. The molecule has 41 heavy (non-hydrogen) atoms. The van der Waals surface area contributed by atoms with E-state index in [1.54, 1.807) is 32.4 Å². The predicted octanol–water partition coefficient (Wildman–Crippen LogP) is 4.83. The zero-order chi connectivity index (χ0) is 29.0. The number of carbonyl (C=O) groups excluding carboxylic acids is 2. The number of nitrogens with one attached hydrogen (secondary N) is 3. The molecule has 3 amide bonds. The molecule has 3 N–H and O–H groups in total. The molecule has 218 valence electrons. The van der Waals surface area contributed by atoms with Gasteiger partial charge in [-0.2, -0.15) is 0 Å². The van der Waals surface area contributed by atoms with E-state index in [0.717, 1.165) is 43.3 Å². The molecule has 1 aliphatic heterocycles. The molecule has 10 heteroatoms. The summed E-state index contributed by atoms with van der Waals surface area (Å²) in [6.07, 6.45) is 0.714. The Balaban J connectivity index is 1.49. The normalized spacial score (nSPS) is 13.0. The number of nitrogens with zero attached hydrogens (tertiary/aromatic N) is 2. The lowest BCUT2D eigenvalue weighted by molar-refractivity contribution is 0.0944. The summed E-state index contributed by atoms with van der Waals surface area (Å²) in [5, 5.41) is 8.66. The molecule has 3 aromatic rings. The van der Waals surface area contributed by atoms with E-state index >= 15 is 0 Å². The maximum absolute atomic E-state index is 13.4. The summed E-state index contributed by atoms with van der Waals surface area (Å²) in [5.74, 6) is 1.20. The second kappa shape index (κ2) is 14.8. The number of para-hydroxylation sites is 4. The van der Waals surface area contributed by atoms with Gasteiger partial charge in [-0.3, -0.25) is 4.79 Å². The fourth-order valence-electron chi connectivity index (χ4n) is 4.80. The van der Waals surface area contributed by atoms with E-state index in [0.29, 0.717) is 48.9 Å². The molecule has 1 saturated heterocycles. The minimum atomic E-state index is -0.434. The minimum absolute atomic E-state index is 0.197. The number of urea groups is 1. The summed E-state index contributed by atoms with van der Waals surface area (Å²) in [4.78, 5) is 30.7. The van der Waals surface area contributed by atoms with Crippen LogP contribution >= 0.6 is 0 Å². The fourth-order valence-corrected chi connectivity index (χ4v) is 4.80. The van der Waals surface area contributed by atoms with Crippen LogP contribution in [0.2, 0.25) is 0 Å². The molecule has 0 aromatic heterocycles. The van der Waals surface area contributed by atoms with Gasteiger partial charge in [-0.05, 0) is 55.8 Å². The molecule has 0 atom stereocenters. The highest BCUT2D eigenvalue weighted by atomic mass is 16.5. The average Bonchev–Trinajstić information content (AvgIpc) is 3.01. The van der Waals surface area contributed by atoms with E-state index in [4.69, 9.17) is 14.2 Å². The van der Waals surface area contributed by atoms with E-state index in [2.05, 4.69) is 31.8 Å². The van der Waals surface area contributed by atoms with Gasteiger partial charge in [0, 0.05) is 57.3 Å². The van der Waals surface area contributed by atoms with Crippen LogP contribution in [0.5, 0.6) is 11.5 Å². The molecule has 10 nitrogen and oxygen atoms in total. The summed E-state index contributed by atoms with van der Waals surface area (Å²) in [6, 6.07) is 20.2. The van der Waals surface area contributed by atoms with Gasteiger partial charge in [0.1, 0.15) is 11.5 Å². The Labute approximate surface area is 241 Å². The van der Waals surface area contributed by atoms with E-state index in [9.17, 15) is 9.59 Å². The van der Waals surface area contributed by atoms with Crippen molar-refractivity contribution in [1.29, 1.82) is 0 Å². The topological polar surface area (TPSA) is 104 Å². The number of piperazine rings is 1. The van der Waals surface area contributed by atoms with Crippen LogP contribution < -0.4 is 35.2 Å². The van der Waals surface area contributed by atoms with Gasteiger partial charge in [0.25, 0.3) is 5.91 Å². The molecule has 0 saturated carbocycles. The van der Waals surface area contributed by atoms with Crippen molar-refractivity contribution < 1.29 is 23.8 Å². The van der Waals surface area contributed by atoms with Crippen LogP contribution in [0.25, 0.3) is 0 Å². The van der Waals surface area contributed by atoms with Gasteiger partial charge in [0.2, 0.25) is 0 Å². The van der Waals surface area contributed by atoms with Crippen molar-refractivity contribution >= 4 is 34.7 Å². The largest absolute Gasteiger partial charge is 0.495 e. The van der Waals surface area contributed by atoms with Crippen molar-refractivity contribution in [3.63, 3.8) is 0 Å². The Morgan fingerprint density at radius 3 is 2.17 bits per heavy atom. The summed E-state index contributed by atoms with van der Waals surface area (Å²) in [5.41, 5.74) is 3.44. The first-order chi connectivity index (χ1) is 20.0. The van der Waals surface area contributed by atoms with Crippen molar-refractivity contribution in [2.75, 3.05) is 80.6 Å². The maximum atomic E-state index is 13.4. The first-order valence-electron chi connectivity index (χ1n) is 13.9. The lowest BCUT2D eigenvalue weighted by atomic mass is 10.1. The number of benzene rings is 3. The summed E-state index contributed by atoms with van der Waals surface area (Å²) in [6.45, 7) is 6.66. The monoisotopic (exact) mass is 561 g/mol.